The fourth-order valence-electron chi connectivity index (χ4n) is 2.02. The zero-order valence-electron chi connectivity index (χ0n) is 13.8. The largest absolute Gasteiger partial charge is 0.480 e. The van der Waals surface area contributed by atoms with Gasteiger partial charge < -0.3 is 15.7 Å². The molecule has 0 bridgehead atoms. The molecule has 3 N–H and O–H groups in total. The summed E-state index contributed by atoms with van der Waals surface area (Å²) in [7, 11) is 1.72. The Morgan fingerprint density at radius 3 is 1.65 bits per heavy atom. The van der Waals surface area contributed by atoms with Gasteiger partial charge in [-0.25, -0.2) is 4.79 Å². The zero-order chi connectivity index (χ0) is 16.1. The number of aliphatic carboxylic acids is 1. The second-order valence-corrected chi connectivity index (χ2v) is 7.77. The minimum absolute atomic E-state index is 0.00619. The van der Waals surface area contributed by atoms with Gasteiger partial charge in [-0.05, 0) is 30.7 Å². The summed E-state index contributed by atoms with van der Waals surface area (Å²) in [5.41, 5.74) is -0.163. The smallest absolute Gasteiger partial charge is 0.326 e. The first-order valence-electron chi connectivity index (χ1n) is 7.06. The number of nitrogens with one attached hydrogen (secondary N) is 2. The Hall–Kier alpha value is -1.10. The number of hydrogen-bond acceptors (Lipinski definition) is 3. The van der Waals surface area contributed by atoms with Crippen LogP contribution in [0.15, 0.2) is 0 Å². The summed E-state index contributed by atoms with van der Waals surface area (Å²) in [5, 5.41) is 14.8. The van der Waals surface area contributed by atoms with Crippen LogP contribution < -0.4 is 10.6 Å². The van der Waals surface area contributed by atoms with Crippen LogP contribution in [0, 0.1) is 10.8 Å². The lowest BCUT2D eigenvalue weighted by Crippen LogP contribution is -2.51. The van der Waals surface area contributed by atoms with Crippen molar-refractivity contribution in [2.75, 3.05) is 7.05 Å². The molecule has 0 aromatic carbocycles. The lowest BCUT2D eigenvalue weighted by molar-refractivity contribution is -0.143. The van der Waals surface area contributed by atoms with Crippen molar-refractivity contribution >= 4 is 11.9 Å². The van der Waals surface area contributed by atoms with Gasteiger partial charge in [0.1, 0.15) is 6.04 Å². The molecule has 0 saturated carbocycles. The third-order valence-electron chi connectivity index (χ3n) is 2.91. The highest BCUT2D eigenvalue weighted by molar-refractivity contribution is 5.86. The maximum Gasteiger partial charge on any atom is 0.326 e. The SMILES string of the molecule is CN[C@H](CC(C)(C)C)C(=O)N[C@@H](CC(C)(C)C)C(=O)O. The molecule has 0 aliphatic rings. The Morgan fingerprint density at radius 2 is 1.35 bits per heavy atom. The molecular formula is C15H30N2O3. The van der Waals surface area contributed by atoms with E-state index in [-0.39, 0.29) is 22.8 Å². The topological polar surface area (TPSA) is 78.4 Å². The normalized spacial score (nSPS) is 15.6. The van der Waals surface area contributed by atoms with Gasteiger partial charge in [-0.15, -0.1) is 0 Å². The first-order chi connectivity index (χ1) is 8.85. The predicted octanol–water partition coefficient (Wildman–Crippen LogP) is 2.02. The number of likely N-dealkylation sites (N-methyl/N-ethyl adjacent to an activating group) is 1. The molecule has 0 spiro atoms. The lowest BCUT2D eigenvalue weighted by Gasteiger charge is -2.28. The molecule has 0 heterocycles. The molecule has 5 nitrogen and oxygen atoms in total. The fraction of sp³-hybridized carbons (Fsp3) is 0.867. The highest BCUT2D eigenvalue weighted by atomic mass is 16.4. The molecule has 0 aromatic rings. The fourth-order valence-corrected chi connectivity index (χ4v) is 2.02. The van der Waals surface area contributed by atoms with E-state index >= 15 is 0 Å². The first-order valence-corrected chi connectivity index (χ1v) is 7.06. The summed E-state index contributed by atoms with van der Waals surface area (Å²) in [6.07, 6.45) is 1.05. The minimum atomic E-state index is -0.987. The van der Waals surface area contributed by atoms with Gasteiger partial charge in [0, 0.05) is 0 Å². The van der Waals surface area contributed by atoms with E-state index in [1.165, 1.54) is 0 Å². The van der Waals surface area contributed by atoms with Crippen molar-refractivity contribution in [1.29, 1.82) is 0 Å². The third kappa shape index (κ3) is 8.15. The number of carboxylic acids is 1. The van der Waals surface area contributed by atoms with Crippen molar-refractivity contribution in [3.05, 3.63) is 0 Å². The standard InChI is InChI=1S/C15H30N2O3/c1-14(2,3)8-10(16-7)12(18)17-11(13(19)20)9-15(4,5)6/h10-11,16H,8-9H2,1-7H3,(H,17,18)(H,19,20)/t10-,11+/m1/s1. The van der Waals surface area contributed by atoms with Crippen LogP contribution in [-0.2, 0) is 9.59 Å². The average molecular weight is 286 g/mol. The van der Waals surface area contributed by atoms with E-state index in [9.17, 15) is 14.7 Å². The number of hydrogen-bond donors (Lipinski definition) is 3. The van der Waals surface area contributed by atoms with Crippen LogP contribution in [0.25, 0.3) is 0 Å². The van der Waals surface area contributed by atoms with E-state index in [2.05, 4.69) is 31.4 Å². The van der Waals surface area contributed by atoms with Gasteiger partial charge in [0.15, 0.2) is 0 Å². The zero-order valence-corrected chi connectivity index (χ0v) is 13.8. The van der Waals surface area contributed by atoms with E-state index in [1.54, 1.807) is 7.05 Å². The molecule has 0 aliphatic carbocycles. The number of carboxylic acid groups (broad SMARTS) is 1. The van der Waals surface area contributed by atoms with E-state index in [1.807, 2.05) is 20.8 Å². The van der Waals surface area contributed by atoms with Crippen LogP contribution in [-0.4, -0.2) is 36.1 Å². The highest BCUT2D eigenvalue weighted by Crippen LogP contribution is 2.23. The number of rotatable bonds is 6. The van der Waals surface area contributed by atoms with Crippen molar-refractivity contribution in [2.45, 2.75) is 66.5 Å². The lowest BCUT2D eigenvalue weighted by atomic mass is 9.86. The van der Waals surface area contributed by atoms with Crippen molar-refractivity contribution in [1.82, 2.24) is 10.6 Å². The van der Waals surface area contributed by atoms with Gasteiger partial charge in [-0.3, -0.25) is 4.79 Å². The van der Waals surface area contributed by atoms with E-state index in [4.69, 9.17) is 0 Å². The quantitative estimate of drug-likeness (QED) is 0.698. The van der Waals surface area contributed by atoms with Gasteiger partial charge in [-0.1, -0.05) is 41.5 Å². The Bertz CT molecular complexity index is 340. The molecule has 118 valence electrons. The van der Waals surface area contributed by atoms with Gasteiger partial charge in [0.2, 0.25) is 5.91 Å². The molecular weight excluding hydrogens is 256 g/mol. The number of amides is 1. The van der Waals surface area contributed by atoms with Gasteiger partial charge in [0.05, 0.1) is 6.04 Å². The molecule has 0 unspecified atom stereocenters. The van der Waals surface area contributed by atoms with Crippen molar-refractivity contribution < 1.29 is 14.7 Å². The summed E-state index contributed by atoms with van der Waals surface area (Å²) in [6, 6.07) is -1.23. The van der Waals surface area contributed by atoms with Gasteiger partial charge in [0.25, 0.3) is 0 Å². The van der Waals surface area contributed by atoms with Crippen LogP contribution in [0.4, 0.5) is 0 Å². The van der Waals surface area contributed by atoms with Gasteiger partial charge >= 0.3 is 5.97 Å². The Balaban J connectivity index is 4.77. The summed E-state index contributed by atoms with van der Waals surface area (Å²) in [5.74, 6) is -1.24. The van der Waals surface area contributed by atoms with Crippen LogP contribution in [0.5, 0.6) is 0 Å². The molecule has 20 heavy (non-hydrogen) atoms. The van der Waals surface area contributed by atoms with Crippen LogP contribution in [0.1, 0.15) is 54.4 Å². The van der Waals surface area contributed by atoms with Crippen LogP contribution in [0.2, 0.25) is 0 Å². The number of carbonyl (C=O) groups excluding carboxylic acids is 1. The summed E-state index contributed by atoms with van der Waals surface area (Å²) in [6.45, 7) is 12.0. The van der Waals surface area contributed by atoms with E-state index in [0.29, 0.717) is 12.8 Å². The second kappa shape index (κ2) is 7.07. The van der Waals surface area contributed by atoms with E-state index < -0.39 is 12.0 Å². The summed E-state index contributed by atoms with van der Waals surface area (Å²) >= 11 is 0. The maximum absolute atomic E-state index is 12.2. The third-order valence-corrected chi connectivity index (χ3v) is 2.91. The molecule has 0 aliphatic heterocycles. The van der Waals surface area contributed by atoms with Gasteiger partial charge in [-0.2, -0.15) is 0 Å². The number of carbonyl (C=O) groups is 2. The van der Waals surface area contributed by atoms with Crippen molar-refractivity contribution in [2.24, 2.45) is 10.8 Å². The summed E-state index contributed by atoms with van der Waals surface area (Å²) < 4.78 is 0. The molecule has 5 heteroatoms. The Morgan fingerprint density at radius 1 is 0.950 bits per heavy atom. The minimum Gasteiger partial charge on any atom is -0.480 e. The van der Waals surface area contributed by atoms with Crippen LogP contribution in [0.3, 0.4) is 0 Å². The molecule has 2 atom stereocenters. The maximum atomic E-state index is 12.2. The second-order valence-electron chi connectivity index (χ2n) is 7.77. The molecule has 0 aromatic heterocycles. The van der Waals surface area contributed by atoms with Crippen molar-refractivity contribution in [3.63, 3.8) is 0 Å². The first kappa shape index (κ1) is 18.9. The predicted molar refractivity (Wildman–Crippen MR) is 80.6 cm³/mol. The molecule has 0 rings (SSSR count). The molecule has 1 amide bonds. The average Bonchev–Trinajstić information content (AvgIpc) is 2.21. The Labute approximate surface area is 122 Å². The highest BCUT2D eigenvalue weighted by Gasteiger charge is 2.30. The van der Waals surface area contributed by atoms with E-state index in [0.717, 1.165) is 0 Å². The molecule has 0 saturated heterocycles. The van der Waals surface area contributed by atoms with Crippen molar-refractivity contribution in [3.8, 4) is 0 Å². The monoisotopic (exact) mass is 286 g/mol. The Kier molecular flexibility index (Phi) is 6.68. The molecule has 0 radical (unpaired) electrons. The summed E-state index contributed by atoms with van der Waals surface area (Å²) in [4.78, 5) is 23.5. The van der Waals surface area contributed by atoms with Crippen LogP contribution >= 0.6 is 0 Å². The molecule has 0 fully saturated rings.